The summed E-state index contributed by atoms with van der Waals surface area (Å²) < 4.78 is 7.15. The number of amides is 1. The molecule has 0 fully saturated rings. The Morgan fingerprint density at radius 2 is 1.88 bits per heavy atom. The zero-order valence-corrected chi connectivity index (χ0v) is 21.5. The van der Waals surface area contributed by atoms with Crippen LogP contribution in [0.15, 0.2) is 65.9 Å². The zero-order chi connectivity index (χ0) is 22.8. The highest BCUT2D eigenvalue weighted by Gasteiger charge is 2.06. The van der Waals surface area contributed by atoms with Gasteiger partial charge in [0.25, 0.3) is 0 Å². The summed E-state index contributed by atoms with van der Waals surface area (Å²) in [5.74, 6) is 1.23. The first-order chi connectivity index (χ1) is 15.6. The Labute approximate surface area is 211 Å². The third-order valence-electron chi connectivity index (χ3n) is 4.75. The van der Waals surface area contributed by atoms with Gasteiger partial charge in [-0.05, 0) is 54.8 Å². The molecule has 9 heteroatoms. The van der Waals surface area contributed by atoms with Crippen molar-refractivity contribution in [2.45, 2.75) is 26.8 Å². The number of ether oxygens (including phenoxy) is 1. The van der Waals surface area contributed by atoms with Crippen LogP contribution in [0.5, 0.6) is 5.75 Å². The van der Waals surface area contributed by atoms with Crippen molar-refractivity contribution in [3.63, 3.8) is 0 Å². The van der Waals surface area contributed by atoms with E-state index in [2.05, 4.69) is 50.3 Å². The van der Waals surface area contributed by atoms with Crippen molar-refractivity contribution in [2.24, 2.45) is 4.99 Å². The predicted octanol–water partition coefficient (Wildman–Crippen LogP) is 3.76. The molecule has 1 amide bonds. The maximum absolute atomic E-state index is 11.4. The molecule has 0 unspecified atom stereocenters. The van der Waals surface area contributed by atoms with E-state index in [9.17, 15) is 4.79 Å². The number of methoxy groups -OCH3 is 1. The van der Waals surface area contributed by atoms with Crippen molar-refractivity contribution >= 4 is 41.5 Å². The van der Waals surface area contributed by atoms with Gasteiger partial charge in [0.1, 0.15) is 5.75 Å². The van der Waals surface area contributed by atoms with Crippen LogP contribution in [0.2, 0.25) is 0 Å². The highest BCUT2D eigenvalue weighted by molar-refractivity contribution is 14.0. The quantitative estimate of drug-likeness (QED) is 0.210. The molecule has 0 radical (unpaired) electrons. The Balaban J connectivity index is 0.00000385. The smallest absolute Gasteiger partial charge is 0.221 e. The minimum Gasteiger partial charge on any atom is -0.495 e. The SMILES string of the molecule is CCNC(=NCc1ccc(OC)c(NC(C)=O)c1)NCCc1ccc(-n2cccn2)cc1.I. The third-order valence-corrected chi connectivity index (χ3v) is 4.75. The van der Waals surface area contributed by atoms with Gasteiger partial charge in [0, 0.05) is 32.4 Å². The molecule has 3 aromatic rings. The highest BCUT2D eigenvalue weighted by Crippen LogP contribution is 2.25. The number of nitrogens with zero attached hydrogens (tertiary/aromatic N) is 3. The lowest BCUT2D eigenvalue weighted by atomic mass is 10.1. The molecule has 0 atom stereocenters. The normalized spacial score (nSPS) is 10.8. The molecule has 0 saturated carbocycles. The average molecular weight is 562 g/mol. The average Bonchev–Trinajstić information content (AvgIpc) is 3.33. The van der Waals surface area contributed by atoms with Gasteiger partial charge in [-0.1, -0.05) is 18.2 Å². The minimum absolute atomic E-state index is 0. The summed E-state index contributed by atoms with van der Waals surface area (Å²) in [5, 5.41) is 13.7. The maximum Gasteiger partial charge on any atom is 0.221 e. The molecule has 1 heterocycles. The number of anilines is 1. The van der Waals surface area contributed by atoms with Crippen LogP contribution in [0.4, 0.5) is 5.69 Å². The summed E-state index contributed by atoms with van der Waals surface area (Å²) in [7, 11) is 1.58. The lowest BCUT2D eigenvalue weighted by molar-refractivity contribution is -0.114. The van der Waals surface area contributed by atoms with E-state index >= 15 is 0 Å². The van der Waals surface area contributed by atoms with Crippen molar-refractivity contribution < 1.29 is 9.53 Å². The van der Waals surface area contributed by atoms with Crippen molar-refractivity contribution in [3.8, 4) is 11.4 Å². The topological polar surface area (TPSA) is 92.6 Å². The summed E-state index contributed by atoms with van der Waals surface area (Å²) in [5.41, 5.74) is 3.89. The molecule has 0 aliphatic carbocycles. The first kappa shape index (κ1) is 26.2. The molecular weight excluding hydrogens is 531 g/mol. The summed E-state index contributed by atoms with van der Waals surface area (Å²) in [6.45, 7) is 5.51. The van der Waals surface area contributed by atoms with Crippen molar-refractivity contribution in [1.29, 1.82) is 0 Å². The van der Waals surface area contributed by atoms with Crippen LogP contribution in [0.25, 0.3) is 5.69 Å². The molecule has 0 saturated heterocycles. The Bertz CT molecular complexity index is 1040. The molecule has 33 heavy (non-hydrogen) atoms. The summed E-state index contributed by atoms with van der Waals surface area (Å²) >= 11 is 0. The molecule has 0 aliphatic rings. The first-order valence-electron chi connectivity index (χ1n) is 10.6. The second kappa shape index (κ2) is 13.5. The molecule has 0 aliphatic heterocycles. The van der Waals surface area contributed by atoms with Crippen LogP contribution in [0, 0.1) is 0 Å². The van der Waals surface area contributed by atoms with Crippen LogP contribution < -0.4 is 20.7 Å². The van der Waals surface area contributed by atoms with E-state index < -0.39 is 0 Å². The van der Waals surface area contributed by atoms with Crippen LogP contribution in [-0.4, -0.2) is 41.8 Å². The van der Waals surface area contributed by atoms with Gasteiger partial charge in [0.05, 0.1) is 25.0 Å². The standard InChI is InChI=1S/C24H30N6O2.HI/c1-4-25-24(27-17-20-8-11-23(32-3)22(16-20)29-18(2)31)26-14-12-19-6-9-21(10-7-19)30-15-5-13-28-30;/h5-11,13,15-16H,4,12,14,17H2,1-3H3,(H,29,31)(H2,25,26,27);1H. The molecule has 0 spiro atoms. The fourth-order valence-corrected chi connectivity index (χ4v) is 3.22. The van der Waals surface area contributed by atoms with Crippen molar-refractivity contribution in [2.75, 3.05) is 25.5 Å². The van der Waals surface area contributed by atoms with Gasteiger partial charge in [-0.2, -0.15) is 5.10 Å². The van der Waals surface area contributed by atoms with E-state index in [0.29, 0.717) is 18.0 Å². The highest BCUT2D eigenvalue weighted by atomic mass is 127. The van der Waals surface area contributed by atoms with Gasteiger partial charge >= 0.3 is 0 Å². The van der Waals surface area contributed by atoms with Crippen molar-refractivity contribution in [3.05, 3.63) is 72.1 Å². The van der Waals surface area contributed by atoms with Gasteiger partial charge in [-0.3, -0.25) is 4.79 Å². The fourth-order valence-electron chi connectivity index (χ4n) is 3.22. The molecule has 176 valence electrons. The van der Waals surface area contributed by atoms with Crippen LogP contribution in [0.3, 0.4) is 0 Å². The second-order valence-corrected chi connectivity index (χ2v) is 7.20. The maximum atomic E-state index is 11.4. The Morgan fingerprint density at radius 1 is 1.12 bits per heavy atom. The first-order valence-corrected chi connectivity index (χ1v) is 10.6. The number of carbonyl (C=O) groups excluding carboxylic acids is 1. The Morgan fingerprint density at radius 3 is 2.52 bits per heavy atom. The van der Waals surface area contributed by atoms with E-state index in [-0.39, 0.29) is 29.9 Å². The van der Waals surface area contributed by atoms with Gasteiger partial charge < -0.3 is 20.7 Å². The number of hydrogen-bond donors (Lipinski definition) is 3. The number of benzene rings is 2. The Kier molecular flexibility index (Phi) is 10.7. The zero-order valence-electron chi connectivity index (χ0n) is 19.2. The van der Waals surface area contributed by atoms with Gasteiger partial charge in [-0.25, -0.2) is 9.67 Å². The van der Waals surface area contributed by atoms with Crippen LogP contribution >= 0.6 is 24.0 Å². The minimum atomic E-state index is -0.142. The molecule has 8 nitrogen and oxygen atoms in total. The van der Waals surface area contributed by atoms with E-state index in [1.165, 1.54) is 12.5 Å². The number of aliphatic imine (C=N–C) groups is 1. The van der Waals surface area contributed by atoms with E-state index in [4.69, 9.17) is 4.74 Å². The second-order valence-electron chi connectivity index (χ2n) is 7.20. The van der Waals surface area contributed by atoms with Crippen molar-refractivity contribution in [1.82, 2.24) is 20.4 Å². The molecule has 2 aromatic carbocycles. The van der Waals surface area contributed by atoms with Gasteiger partial charge in [-0.15, -0.1) is 24.0 Å². The number of aromatic nitrogens is 2. The number of rotatable bonds is 9. The van der Waals surface area contributed by atoms with Crippen LogP contribution in [-0.2, 0) is 17.8 Å². The van der Waals surface area contributed by atoms with Gasteiger partial charge in [0.2, 0.25) is 5.91 Å². The molecule has 3 N–H and O–H groups in total. The van der Waals surface area contributed by atoms with E-state index in [1.54, 1.807) is 13.3 Å². The van der Waals surface area contributed by atoms with Crippen LogP contribution in [0.1, 0.15) is 25.0 Å². The molecule has 1 aromatic heterocycles. The number of guanidine groups is 1. The number of halogens is 1. The number of nitrogens with one attached hydrogen (secondary N) is 3. The fraction of sp³-hybridized carbons (Fsp3) is 0.292. The van der Waals surface area contributed by atoms with E-state index in [0.717, 1.165) is 36.7 Å². The largest absolute Gasteiger partial charge is 0.495 e. The lowest BCUT2D eigenvalue weighted by Crippen LogP contribution is -2.38. The monoisotopic (exact) mass is 562 g/mol. The molecule has 3 rings (SSSR count). The molecule has 0 bridgehead atoms. The number of hydrogen-bond acceptors (Lipinski definition) is 4. The van der Waals surface area contributed by atoms with E-state index in [1.807, 2.05) is 42.1 Å². The summed E-state index contributed by atoms with van der Waals surface area (Å²) in [6.07, 6.45) is 4.57. The molecular formula is C24H31IN6O2. The third kappa shape index (κ3) is 8.08. The number of carbonyl (C=O) groups is 1. The summed E-state index contributed by atoms with van der Waals surface area (Å²) in [6, 6.07) is 15.9. The van der Waals surface area contributed by atoms with Gasteiger partial charge in [0.15, 0.2) is 5.96 Å². The summed E-state index contributed by atoms with van der Waals surface area (Å²) in [4.78, 5) is 16.1. The lowest BCUT2D eigenvalue weighted by Gasteiger charge is -2.13. The Hall–Kier alpha value is -3.08. The predicted molar refractivity (Wildman–Crippen MR) is 143 cm³/mol.